The van der Waals surface area contributed by atoms with E-state index >= 15 is 0 Å². The van der Waals surface area contributed by atoms with E-state index in [9.17, 15) is 13.6 Å². The lowest BCUT2D eigenvalue weighted by Gasteiger charge is -2.10. The fraction of sp³-hybridized carbons (Fsp3) is 0.0909. The van der Waals surface area contributed by atoms with E-state index in [1.54, 1.807) is 0 Å². The van der Waals surface area contributed by atoms with Gasteiger partial charge in [0.1, 0.15) is 17.3 Å². The van der Waals surface area contributed by atoms with Crippen LogP contribution < -0.4 is 5.32 Å². The first kappa shape index (κ1) is 19.1. The van der Waals surface area contributed by atoms with Crippen LogP contribution in [0.5, 0.6) is 0 Å². The second kappa shape index (κ2) is 8.05. The van der Waals surface area contributed by atoms with Crippen LogP contribution in [0, 0.1) is 18.6 Å². The third-order valence-corrected chi connectivity index (χ3v) is 5.32. The first-order valence-corrected chi connectivity index (χ1v) is 9.92. The van der Waals surface area contributed by atoms with Crippen LogP contribution in [0.4, 0.5) is 14.5 Å². The zero-order chi connectivity index (χ0) is 20.4. The van der Waals surface area contributed by atoms with E-state index in [2.05, 4.69) is 10.3 Å². The molecule has 1 amide bonds. The number of rotatable bonds is 5. The second-order valence-electron chi connectivity index (χ2n) is 6.49. The minimum atomic E-state index is -0.810. The maximum atomic E-state index is 13.8. The third kappa shape index (κ3) is 4.00. The predicted molar refractivity (Wildman–Crippen MR) is 112 cm³/mol. The number of nitrogens with zero attached hydrogens (tertiary/aromatic N) is 2. The molecule has 0 radical (unpaired) electrons. The number of thioether (sulfide) groups is 1. The van der Waals surface area contributed by atoms with Crippen LogP contribution in [-0.4, -0.2) is 21.2 Å². The van der Waals surface area contributed by atoms with Crippen LogP contribution in [0.15, 0.2) is 71.9 Å². The summed E-state index contributed by atoms with van der Waals surface area (Å²) in [7, 11) is 0. The monoisotopic (exact) mass is 409 g/mol. The molecule has 0 aliphatic carbocycles. The number of halogens is 2. The molecule has 0 fully saturated rings. The Hall–Kier alpha value is -3.19. The summed E-state index contributed by atoms with van der Waals surface area (Å²) < 4.78 is 29.5. The van der Waals surface area contributed by atoms with Gasteiger partial charge in [0.25, 0.3) is 0 Å². The number of hydrogen-bond acceptors (Lipinski definition) is 3. The number of para-hydroxylation sites is 3. The molecule has 0 saturated carbocycles. The van der Waals surface area contributed by atoms with Crippen molar-refractivity contribution in [3.8, 4) is 5.69 Å². The van der Waals surface area contributed by atoms with Crippen molar-refractivity contribution < 1.29 is 13.6 Å². The Morgan fingerprint density at radius 2 is 1.69 bits per heavy atom. The molecule has 4 rings (SSSR count). The molecule has 7 heteroatoms. The van der Waals surface area contributed by atoms with E-state index in [0.717, 1.165) is 34.4 Å². The molecule has 0 bridgehead atoms. The number of amides is 1. The Balaban J connectivity index is 1.60. The first-order chi connectivity index (χ1) is 14.0. The van der Waals surface area contributed by atoms with Crippen molar-refractivity contribution in [3.63, 3.8) is 0 Å². The molecule has 4 aromatic rings. The van der Waals surface area contributed by atoms with Gasteiger partial charge in [0.15, 0.2) is 5.16 Å². The fourth-order valence-corrected chi connectivity index (χ4v) is 3.80. The maximum absolute atomic E-state index is 13.8. The lowest BCUT2D eigenvalue weighted by Crippen LogP contribution is -2.16. The van der Waals surface area contributed by atoms with Crippen LogP contribution in [0.2, 0.25) is 0 Å². The molecule has 0 unspecified atom stereocenters. The van der Waals surface area contributed by atoms with Gasteiger partial charge in [-0.05, 0) is 43.3 Å². The van der Waals surface area contributed by atoms with Crippen LogP contribution in [0.3, 0.4) is 0 Å². The summed E-state index contributed by atoms with van der Waals surface area (Å²) in [5.41, 5.74) is 3.34. The van der Waals surface area contributed by atoms with Crippen molar-refractivity contribution >= 4 is 34.4 Å². The molecule has 3 aromatic carbocycles. The largest absolute Gasteiger partial charge is 0.320 e. The number of carbonyl (C=O) groups excluding carboxylic acids is 1. The van der Waals surface area contributed by atoms with Crippen molar-refractivity contribution in [2.24, 2.45) is 0 Å². The number of aromatic nitrogens is 2. The number of fused-ring (bicyclic) bond motifs is 1. The zero-order valence-electron chi connectivity index (χ0n) is 15.5. The minimum Gasteiger partial charge on any atom is -0.320 e. The van der Waals surface area contributed by atoms with Crippen LogP contribution >= 0.6 is 11.8 Å². The summed E-state index contributed by atoms with van der Waals surface area (Å²) in [6.45, 7) is 2.01. The van der Waals surface area contributed by atoms with Crippen molar-refractivity contribution in [1.82, 2.24) is 9.55 Å². The lowest BCUT2D eigenvalue weighted by atomic mass is 10.2. The maximum Gasteiger partial charge on any atom is 0.235 e. The summed E-state index contributed by atoms with van der Waals surface area (Å²) in [5.74, 6) is -2.17. The average Bonchev–Trinajstić information content (AvgIpc) is 3.08. The Kier molecular flexibility index (Phi) is 5.31. The number of hydrogen-bond donors (Lipinski definition) is 1. The predicted octanol–water partition coefficient (Wildman–Crippen LogP) is 5.34. The molecular formula is C22H17F2N3OS. The van der Waals surface area contributed by atoms with Gasteiger partial charge in [0, 0.05) is 5.69 Å². The Labute approximate surface area is 170 Å². The van der Waals surface area contributed by atoms with Crippen LogP contribution in [-0.2, 0) is 4.79 Å². The van der Waals surface area contributed by atoms with Gasteiger partial charge >= 0.3 is 0 Å². The molecule has 4 nitrogen and oxygen atoms in total. The number of aryl methyl sites for hydroxylation is 1. The number of anilines is 1. The number of imidazole rings is 1. The highest BCUT2D eigenvalue weighted by molar-refractivity contribution is 7.99. The molecule has 1 aromatic heterocycles. The Bertz CT molecular complexity index is 1170. The van der Waals surface area contributed by atoms with E-state index in [4.69, 9.17) is 0 Å². The van der Waals surface area contributed by atoms with Crippen molar-refractivity contribution in [2.75, 3.05) is 11.1 Å². The highest BCUT2D eigenvalue weighted by Gasteiger charge is 2.16. The normalized spacial score (nSPS) is 11.0. The molecular weight excluding hydrogens is 392 g/mol. The van der Waals surface area contributed by atoms with Crippen molar-refractivity contribution in [3.05, 3.63) is 83.9 Å². The quantitative estimate of drug-likeness (QED) is 0.453. The van der Waals surface area contributed by atoms with Crippen LogP contribution in [0.1, 0.15) is 5.56 Å². The van der Waals surface area contributed by atoms with Crippen molar-refractivity contribution in [2.45, 2.75) is 12.1 Å². The zero-order valence-corrected chi connectivity index (χ0v) is 16.3. The number of nitrogens with one attached hydrogen (secondary N) is 1. The van der Waals surface area contributed by atoms with Crippen LogP contribution in [0.25, 0.3) is 16.7 Å². The molecule has 1 N–H and O–H groups in total. The standard InChI is InChI=1S/C22H17F2N3OS/c1-14-9-11-15(12-10-14)27-19-8-3-2-7-18(19)25-22(27)29-13-20(28)26-21-16(23)5-4-6-17(21)24/h2-12H,13H2,1H3,(H,26,28). The molecule has 0 saturated heterocycles. The van der Waals surface area contributed by atoms with Gasteiger partial charge < -0.3 is 5.32 Å². The third-order valence-electron chi connectivity index (χ3n) is 4.38. The van der Waals surface area contributed by atoms with Gasteiger partial charge in [-0.2, -0.15) is 0 Å². The van der Waals surface area contributed by atoms with E-state index in [0.29, 0.717) is 5.16 Å². The second-order valence-corrected chi connectivity index (χ2v) is 7.43. The summed E-state index contributed by atoms with van der Waals surface area (Å²) in [6.07, 6.45) is 0. The summed E-state index contributed by atoms with van der Waals surface area (Å²) in [6, 6.07) is 19.1. The van der Waals surface area contributed by atoms with Gasteiger partial charge in [-0.1, -0.05) is 47.7 Å². The minimum absolute atomic E-state index is 0.0387. The van der Waals surface area contributed by atoms with Gasteiger partial charge in [0.05, 0.1) is 16.8 Å². The number of carbonyl (C=O) groups is 1. The molecule has 0 spiro atoms. The first-order valence-electron chi connectivity index (χ1n) is 8.94. The molecule has 0 aliphatic heterocycles. The Morgan fingerprint density at radius 3 is 2.41 bits per heavy atom. The lowest BCUT2D eigenvalue weighted by molar-refractivity contribution is -0.113. The summed E-state index contributed by atoms with van der Waals surface area (Å²) in [4.78, 5) is 16.9. The molecule has 29 heavy (non-hydrogen) atoms. The van der Waals surface area contributed by atoms with Crippen molar-refractivity contribution in [1.29, 1.82) is 0 Å². The highest BCUT2D eigenvalue weighted by Crippen LogP contribution is 2.28. The van der Waals surface area contributed by atoms with E-state index in [1.165, 1.54) is 17.8 Å². The van der Waals surface area contributed by atoms with E-state index < -0.39 is 23.2 Å². The SMILES string of the molecule is Cc1ccc(-n2c(SCC(=O)Nc3c(F)cccc3F)nc3ccccc32)cc1. The van der Waals surface area contributed by atoms with E-state index in [1.807, 2.05) is 60.0 Å². The molecule has 1 heterocycles. The molecule has 0 aliphatic rings. The van der Waals surface area contributed by atoms with Gasteiger partial charge in [-0.25, -0.2) is 13.8 Å². The Morgan fingerprint density at radius 1 is 1.00 bits per heavy atom. The van der Waals surface area contributed by atoms with Gasteiger partial charge in [0.2, 0.25) is 5.91 Å². The average molecular weight is 409 g/mol. The number of benzene rings is 3. The smallest absolute Gasteiger partial charge is 0.235 e. The summed E-state index contributed by atoms with van der Waals surface area (Å²) >= 11 is 1.21. The highest BCUT2D eigenvalue weighted by atomic mass is 32.2. The fourth-order valence-electron chi connectivity index (χ4n) is 2.97. The topological polar surface area (TPSA) is 46.9 Å². The molecule has 0 atom stereocenters. The van der Waals surface area contributed by atoms with E-state index in [-0.39, 0.29) is 5.75 Å². The van der Waals surface area contributed by atoms with Gasteiger partial charge in [-0.15, -0.1) is 0 Å². The molecule has 146 valence electrons. The summed E-state index contributed by atoms with van der Waals surface area (Å²) in [5, 5.41) is 2.93. The van der Waals surface area contributed by atoms with Gasteiger partial charge in [-0.3, -0.25) is 9.36 Å².